The van der Waals surface area contributed by atoms with E-state index in [1.807, 2.05) is 22.6 Å². The molecule has 11 nitrogen and oxygen atoms in total. The molecule has 0 aliphatic heterocycles. The third kappa shape index (κ3) is 7.19. The number of nitrogens with zero attached hydrogens (tertiary/aromatic N) is 1. The molecule has 3 aromatic rings. The summed E-state index contributed by atoms with van der Waals surface area (Å²) in [7, 11) is 1.46. The van der Waals surface area contributed by atoms with Crippen molar-refractivity contribution >= 4 is 45.4 Å². The maximum absolute atomic E-state index is 14.4. The number of amides is 2. The highest BCUT2D eigenvalue weighted by Gasteiger charge is 2.44. The molecule has 1 saturated carbocycles. The first kappa shape index (κ1) is 32.9. The van der Waals surface area contributed by atoms with Crippen molar-refractivity contribution in [2.75, 3.05) is 20.3 Å². The Morgan fingerprint density at radius 3 is 2.58 bits per heavy atom. The fourth-order valence-electron chi connectivity index (χ4n) is 6.16. The van der Waals surface area contributed by atoms with Crippen LogP contribution in [0.5, 0.6) is 11.5 Å². The highest BCUT2D eigenvalue weighted by Crippen LogP contribution is 2.38. The molecule has 240 valence electrons. The van der Waals surface area contributed by atoms with Crippen LogP contribution in [0.4, 0.5) is 0 Å². The number of nitrogens with one attached hydrogen (secondary N) is 1. The van der Waals surface area contributed by atoms with Crippen LogP contribution in [0.2, 0.25) is 0 Å². The fourth-order valence-corrected chi connectivity index (χ4v) is 6.95. The molecular weight excluding hydrogens is 695 g/mol. The van der Waals surface area contributed by atoms with Crippen molar-refractivity contribution in [1.82, 2.24) is 10.2 Å². The number of carbonyl (C=O) groups is 2. The van der Waals surface area contributed by atoms with Crippen molar-refractivity contribution in [3.63, 3.8) is 0 Å². The quantitative estimate of drug-likeness (QED) is 0.181. The average Bonchev–Trinajstić information content (AvgIpc) is 3.05. The van der Waals surface area contributed by atoms with Crippen LogP contribution in [0.15, 0.2) is 63.3 Å². The Morgan fingerprint density at radius 2 is 1.87 bits per heavy atom. The van der Waals surface area contributed by atoms with Gasteiger partial charge in [0, 0.05) is 30.0 Å². The second-order valence-corrected chi connectivity index (χ2v) is 12.4. The van der Waals surface area contributed by atoms with Gasteiger partial charge in [-0.05, 0) is 71.3 Å². The Balaban J connectivity index is 1.58. The molecule has 0 unspecified atom stereocenters. The van der Waals surface area contributed by atoms with Gasteiger partial charge in [0.2, 0.25) is 5.91 Å². The molecule has 0 radical (unpaired) electrons. The summed E-state index contributed by atoms with van der Waals surface area (Å²) in [6, 6.07) is 10.6. The summed E-state index contributed by atoms with van der Waals surface area (Å²) in [5.41, 5.74) is 0.298. The summed E-state index contributed by atoms with van der Waals surface area (Å²) in [5, 5.41) is 34.2. The first-order valence-corrected chi connectivity index (χ1v) is 16.1. The van der Waals surface area contributed by atoms with Crippen molar-refractivity contribution in [1.29, 1.82) is 0 Å². The number of aliphatic hydroxyl groups excluding tert-OH is 3. The van der Waals surface area contributed by atoms with E-state index < -0.39 is 35.7 Å². The van der Waals surface area contributed by atoms with E-state index in [9.17, 15) is 29.7 Å². The Kier molecular flexibility index (Phi) is 10.8. The van der Waals surface area contributed by atoms with E-state index in [0.29, 0.717) is 44.4 Å². The smallest absolute Gasteiger partial charge is 0.349 e. The van der Waals surface area contributed by atoms with Crippen molar-refractivity contribution in [3.8, 4) is 11.5 Å². The van der Waals surface area contributed by atoms with Crippen molar-refractivity contribution in [3.05, 3.63) is 79.2 Å². The number of benzene rings is 2. The minimum absolute atomic E-state index is 0.00286. The van der Waals surface area contributed by atoms with Gasteiger partial charge < -0.3 is 39.4 Å². The van der Waals surface area contributed by atoms with Crippen LogP contribution in [0.1, 0.15) is 54.4 Å². The fraction of sp³-hybridized carbons (Fsp3) is 0.424. The van der Waals surface area contributed by atoms with Crippen LogP contribution in [-0.4, -0.2) is 76.6 Å². The zero-order valence-corrected chi connectivity index (χ0v) is 27.1. The first-order valence-electron chi connectivity index (χ1n) is 15.0. The summed E-state index contributed by atoms with van der Waals surface area (Å²) < 4.78 is 18.0. The van der Waals surface area contributed by atoms with E-state index in [0.717, 1.165) is 19.3 Å². The Labute approximate surface area is 274 Å². The summed E-state index contributed by atoms with van der Waals surface area (Å²) in [6.45, 7) is -0.453. The molecule has 4 N–H and O–H groups in total. The van der Waals surface area contributed by atoms with Crippen LogP contribution in [-0.2, 0) is 11.4 Å². The molecular formula is C33H37IN2O9. The van der Waals surface area contributed by atoms with Gasteiger partial charge in [-0.3, -0.25) is 9.59 Å². The van der Waals surface area contributed by atoms with Crippen LogP contribution in [0, 0.1) is 3.57 Å². The van der Waals surface area contributed by atoms with Gasteiger partial charge in [0.25, 0.3) is 5.91 Å². The molecule has 0 spiro atoms. The third-order valence-corrected chi connectivity index (χ3v) is 9.17. The lowest BCUT2D eigenvalue weighted by atomic mass is 9.84. The van der Waals surface area contributed by atoms with E-state index >= 15 is 0 Å². The first-order chi connectivity index (χ1) is 21.7. The third-order valence-electron chi connectivity index (χ3n) is 8.37. The SMILES string of the molecule is COc1cc(CO)cc(I)c1O[C@H]1C=C(C(=O)NCCO)C[C@@H](N(C(=O)c2cc3ccccc3oc2=O)C2CCCCC2)[C@@H]1O. The number of hydrogen-bond acceptors (Lipinski definition) is 9. The van der Waals surface area contributed by atoms with Crippen molar-refractivity contribution < 1.29 is 38.8 Å². The lowest BCUT2D eigenvalue weighted by Crippen LogP contribution is -2.58. The number of carbonyl (C=O) groups excluding carboxylic acids is 2. The van der Waals surface area contributed by atoms with Crippen molar-refractivity contribution in [2.45, 2.75) is 69.4 Å². The standard InChI is InChI=1S/C33H37IN2O9/c1-43-28-14-19(18-38)13-24(34)30(28)44-27-17-21(31(40)35-11-12-37)16-25(29(27)39)36(22-8-3-2-4-9-22)32(41)23-15-20-7-5-6-10-26(20)45-33(23)42/h5-7,10,13-15,17,22,25,27,29,37-39H,2-4,8-9,11-12,16,18H2,1H3,(H,35,40)/t25-,27+,29+/m1/s1. The lowest BCUT2D eigenvalue weighted by Gasteiger charge is -2.45. The van der Waals surface area contributed by atoms with Gasteiger partial charge in [0.15, 0.2) is 11.5 Å². The molecule has 2 amide bonds. The van der Waals surface area contributed by atoms with Crippen LogP contribution in [0.25, 0.3) is 11.0 Å². The number of hydrogen-bond donors (Lipinski definition) is 4. The predicted octanol–water partition coefficient (Wildman–Crippen LogP) is 3.29. The summed E-state index contributed by atoms with van der Waals surface area (Å²) in [4.78, 5) is 42.4. The minimum Gasteiger partial charge on any atom is -0.493 e. The van der Waals surface area contributed by atoms with E-state index in [1.54, 1.807) is 41.3 Å². The molecule has 3 atom stereocenters. The maximum atomic E-state index is 14.4. The van der Waals surface area contributed by atoms with Crippen LogP contribution < -0.4 is 20.4 Å². The predicted molar refractivity (Wildman–Crippen MR) is 174 cm³/mol. The minimum atomic E-state index is -1.30. The number of para-hydroxylation sites is 1. The van der Waals surface area contributed by atoms with Gasteiger partial charge in [-0.2, -0.15) is 0 Å². The number of ether oxygens (including phenoxy) is 2. The molecule has 1 fully saturated rings. The average molecular weight is 733 g/mol. The second-order valence-electron chi connectivity index (χ2n) is 11.3. The number of fused-ring (bicyclic) bond motifs is 1. The Morgan fingerprint density at radius 1 is 1.11 bits per heavy atom. The molecule has 2 aromatic carbocycles. The van der Waals surface area contributed by atoms with Crippen LogP contribution in [0.3, 0.4) is 0 Å². The van der Waals surface area contributed by atoms with Gasteiger partial charge in [0.05, 0.1) is 29.9 Å². The molecule has 1 aromatic heterocycles. The number of rotatable bonds is 10. The highest BCUT2D eigenvalue weighted by atomic mass is 127. The van der Waals surface area contributed by atoms with Crippen molar-refractivity contribution in [2.24, 2.45) is 0 Å². The molecule has 0 saturated heterocycles. The van der Waals surface area contributed by atoms with Gasteiger partial charge in [-0.1, -0.05) is 37.5 Å². The summed E-state index contributed by atoms with van der Waals surface area (Å²) in [6.07, 6.45) is 3.23. The molecule has 0 bridgehead atoms. The summed E-state index contributed by atoms with van der Waals surface area (Å²) in [5.74, 6) is -0.417. The van der Waals surface area contributed by atoms with Gasteiger partial charge in [-0.25, -0.2) is 4.79 Å². The molecule has 1 heterocycles. The number of methoxy groups -OCH3 is 1. The molecule has 45 heavy (non-hydrogen) atoms. The second kappa shape index (κ2) is 14.8. The van der Waals surface area contributed by atoms with E-state index in [2.05, 4.69) is 5.32 Å². The highest BCUT2D eigenvalue weighted by molar-refractivity contribution is 14.1. The molecule has 2 aliphatic rings. The number of aliphatic hydroxyl groups is 3. The van der Waals surface area contributed by atoms with Gasteiger partial charge >= 0.3 is 5.63 Å². The largest absolute Gasteiger partial charge is 0.493 e. The van der Waals surface area contributed by atoms with E-state index in [-0.39, 0.29) is 43.4 Å². The molecule has 5 rings (SSSR count). The van der Waals surface area contributed by atoms with E-state index in [1.165, 1.54) is 19.3 Å². The van der Waals surface area contributed by atoms with Gasteiger partial charge in [-0.15, -0.1) is 0 Å². The molecule has 2 aliphatic carbocycles. The normalized spacial score (nSPS) is 20.4. The maximum Gasteiger partial charge on any atom is 0.349 e. The Bertz CT molecular complexity index is 1630. The zero-order chi connectivity index (χ0) is 32.1. The number of halogens is 1. The monoisotopic (exact) mass is 732 g/mol. The molecule has 12 heteroatoms. The topological polar surface area (TPSA) is 159 Å². The lowest BCUT2D eigenvalue weighted by molar-refractivity contribution is -0.118. The summed E-state index contributed by atoms with van der Waals surface area (Å²) >= 11 is 2.05. The Hall–Kier alpha value is -3.46. The van der Waals surface area contributed by atoms with E-state index in [4.69, 9.17) is 13.9 Å². The zero-order valence-electron chi connectivity index (χ0n) is 24.9. The van der Waals surface area contributed by atoms with Crippen LogP contribution >= 0.6 is 22.6 Å². The van der Waals surface area contributed by atoms with Gasteiger partial charge in [0.1, 0.15) is 23.4 Å².